The maximum Gasteiger partial charge on any atom is 0.368 e. The summed E-state index contributed by atoms with van der Waals surface area (Å²) in [6, 6.07) is 16.1. The van der Waals surface area contributed by atoms with Crippen LogP contribution in [-0.2, 0) is 22.1 Å². The molecule has 10 nitrogen and oxygen atoms in total. The minimum Gasteiger partial charge on any atom is -0.441 e. The van der Waals surface area contributed by atoms with Crippen LogP contribution in [0.2, 0.25) is 0 Å². The van der Waals surface area contributed by atoms with Crippen molar-refractivity contribution >= 4 is 21.6 Å². The molecule has 4 aromatic rings. The molecular weight excluding hydrogens is 484 g/mol. The van der Waals surface area contributed by atoms with E-state index in [2.05, 4.69) is 15.3 Å². The van der Waals surface area contributed by atoms with Crippen LogP contribution in [0.3, 0.4) is 0 Å². The molecule has 0 saturated carbocycles. The number of oxazole rings is 1. The summed E-state index contributed by atoms with van der Waals surface area (Å²) in [5.74, 6) is -0.410. The van der Waals surface area contributed by atoms with Gasteiger partial charge in [-0.05, 0) is 72.3 Å². The van der Waals surface area contributed by atoms with Crippen LogP contribution in [0.4, 0.5) is 5.82 Å². The van der Waals surface area contributed by atoms with Crippen molar-refractivity contribution in [3.8, 4) is 11.5 Å². The van der Waals surface area contributed by atoms with Crippen molar-refractivity contribution in [1.82, 2.24) is 15.3 Å². The average Bonchev–Trinajstić information content (AvgIpc) is 3.22. The molecule has 1 amide bonds. The van der Waals surface area contributed by atoms with Crippen LogP contribution in [-0.4, -0.2) is 29.2 Å². The second-order valence-electron chi connectivity index (χ2n) is 8.10. The van der Waals surface area contributed by atoms with Gasteiger partial charge in [0.05, 0.1) is 22.7 Å². The van der Waals surface area contributed by atoms with Crippen LogP contribution in [0.15, 0.2) is 76.2 Å². The number of amides is 1. The molecule has 0 fully saturated rings. The molecule has 0 spiro atoms. The molecular formula is C25H22N4O6S. The first-order valence-electron chi connectivity index (χ1n) is 10.9. The number of carbonyl (C=O) groups is 1. The highest BCUT2D eigenvalue weighted by molar-refractivity contribution is 7.90. The lowest BCUT2D eigenvalue weighted by molar-refractivity contribution is -0.390. The Balaban J connectivity index is 1.45. The van der Waals surface area contributed by atoms with Crippen molar-refractivity contribution in [2.75, 3.05) is 0 Å². The molecule has 0 atom stereocenters. The fourth-order valence-corrected chi connectivity index (χ4v) is 4.81. The summed E-state index contributed by atoms with van der Waals surface area (Å²) in [4.78, 5) is 31.3. The third kappa shape index (κ3) is 5.47. The minimum atomic E-state index is -3.60. The molecule has 1 N–H and O–H groups in total. The van der Waals surface area contributed by atoms with Crippen molar-refractivity contribution in [2.45, 2.75) is 31.0 Å². The van der Waals surface area contributed by atoms with Crippen LogP contribution in [0.5, 0.6) is 0 Å². The van der Waals surface area contributed by atoms with Gasteiger partial charge in [0.25, 0.3) is 5.91 Å². The van der Waals surface area contributed by atoms with E-state index in [9.17, 15) is 23.3 Å². The highest BCUT2D eigenvalue weighted by Crippen LogP contribution is 2.25. The lowest BCUT2D eigenvalue weighted by Crippen LogP contribution is -2.23. The van der Waals surface area contributed by atoms with Crippen LogP contribution in [0.25, 0.3) is 11.5 Å². The van der Waals surface area contributed by atoms with E-state index in [1.165, 1.54) is 12.3 Å². The number of nitrogens with zero attached hydrogens (tertiary/aromatic N) is 3. The van der Waals surface area contributed by atoms with Gasteiger partial charge >= 0.3 is 5.82 Å². The van der Waals surface area contributed by atoms with E-state index >= 15 is 0 Å². The van der Waals surface area contributed by atoms with Crippen LogP contribution >= 0.6 is 0 Å². The first kappa shape index (κ1) is 24.7. The number of hydrogen-bond acceptors (Lipinski definition) is 8. The Hall–Kier alpha value is -4.38. The monoisotopic (exact) mass is 506 g/mol. The van der Waals surface area contributed by atoms with Crippen molar-refractivity contribution < 1.29 is 22.6 Å². The summed E-state index contributed by atoms with van der Waals surface area (Å²) in [7, 11) is -3.60. The highest BCUT2D eigenvalue weighted by atomic mass is 32.2. The number of aryl methyl sites for hydroxylation is 2. The van der Waals surface area contributed by atoms with E-state index in [4.69, 9.17) is 4.42 Å². The fraction of sp³-hybridized carbons (Fsp3) is 0.160. The summed E-state index contributed by atoms with van der Waals surface area (Å²) in [6.45, 7) is 3.48. The molecule has 0 aliphatic heterocycles. The molecule has 184 valence electrons. The average molecular weight is 507 g/mol. The van der Waals surface area contributed by atoms with Gasteiger partial charge in [0.2, 0.25) is 5.89 Å². The summed E-state index contributed by atoms with van der Waals surface area (Å²) < 4.78 is 31.3. The number of aromatic nitrogens is 2. The molecule has 0 radical (unpaired) electrons. The van der Waals surface area contributed by atoms with Crippen molar-refractivity contribution in [3.05, 3.63) is 105 Å². The first-order valence-corrected chi connectivity index (χ1v) is 12.5. The predicted molar refractivity (Wildman–Crippen MR) is 131 cm³/mol. The SMILES string of the molecule is Cc1ccc(S(=O)(=O)Cc2nc(-c3ccc(C(=O)NCc4cccnc4[N+](=O)[O-])cc3)oc2C)cc1. The number of rotatable bonds is 8. The standard InChI is InChI=1S/C25H22N4O6S/c1-16-5-11-21(12-6-16)36(33,34)15-22-17(2)35-25(28-22)19-9-7-18(8-10-19)24(30)27-14-20-4-3-13-26-23(20)29(31)32/h3-13H,14-15H2,1-2H3,(H,27,30). The van der Waals surface area contributed by atoms with Gasteiger partial charge in [-0.25, -0.2) is 13.4 Å². The van der Waals surface area contributed by atoms with Gasteiger partial charge in [-0.15, -0.1) is 0 Å². The predicted octanol–water partition coefficient (Wildman–Crippen LogP) is 4.17. The third-order valence-electron chi connectivity index (χ3n) is 5.47. The number of nitro groups is 1. The summed E-state index contributed by atoms with van der Waals surface area (Å²) in [5.41, 5.74) is 2.46. The lowest BCUT2D eigenvalue weighted by Gasteiger charge is -2.06. The maximum absolute atomic E-state index is 12.8. The molecule has 2 aromatic carbocycles. The van der Waals surface area contributed by atoms with Gasteiger partial charge < -0.3 is 19.8 Å². The van der Waals surface area contributed by atoms with Crippen LogP contribution in [0, 0.1) is 24.0 Å². The van der Waals surface area contributed by atoms with Gasteiger partial charge in [-0.3, -0.25) is 4.79 Å². The molecule has 0 saturated heterocycles. The molecule has 0 unspecified atom stereocenters. The zero-order valence-electron chi connectivity index (χ0n) is 19.5. The smallest absolute Gasteiger partial charge is 0.368 e. The van der Waals surface area contributed by atoms with Gasteiger partial charge in [-0.2, -0.15) is 0 Å². The Morgan fingerprint density at radius 3 is 2.42 bits per heavy atom. The molecule has 4 rings (SSSR count). The summed E-state index contributed by atoms with van der Waals surface area (Å²) in [5, 5.41) is 13.7. The van der Waals surface area contributed by atoms with E-state index in [1.54, 1.807) is 61.5 Å². The number of benzene rings is 2. The van der Waals surface area contributed by atoms with E-state index in [1.807, 2.05) is 6.92 Å². The lowest BCUT2D eigenvalue weighted by atomic mass is 10.1. The Kier molecular flexibility index (Phi) is 6.93. The molecule has 0 bridgehead atoms. The van der Waals surface area contributed by atoms with E-state index in [0.29, 0.717) is 22.6 Å². The quantitative estimate of drug-likeness (QED) is 0.277. The number of nitrogens with one attached hydrogen (secondary N) is 1. The normalized spacial score (nSPS) is 11.3. The maximum atomic E-state index is 12.8. The Morgan fingerprint density at radius 1 is 1.06 bits per heavy atom. The third-order valence-corrected chi connectivity index (χ3v) is 7.12. The van der Waals surface area contributed by atoms with E-state index in [0.717, 1.165) is 5.56 Å². The van der Waals surface area contributed by atoms with Crippen molar-refractivity contribution in [1.29, 1.82) is 0 Å². The zero-order chi connectivity index (χ0) is 25.9. The van der Waals surface area contributed by atoms with Gasteiger partial charge in [0, 0.05) is 11.1 Å². The summed E-state index contributed by atoms with van der Waals surface area (Å²) >= 11 is 0. The van der Waals surface area contributed by atoms with Gasteiger partial charge in [0.15, 0.2) is 9.84 Å². The second kappa shape index (κ2) is 10.1. The Bertz CT molecular complexity index is 1530. The molecule has 0 aliphatic carbocycles. The van der Waals surface area contributed by atoms with E-state index in [-0.39, 0.29) is 34.5 Å². The van der Waals surface area contributed by atoms with Crippen LogP contribution < -0.4 is 5.32 Å². The molecule has 2 heterocycles. The number of sulfone groups is 1. The van der Waals surface area contributed by atoms with Crippen molar-refractivity contribution in [2.24, 2.45) is 0 Å². The van der Waals surface area contributed by atoms with Gasteiger partial charge in [0.1, 0.15) is 17.7 Å². The largest absolute Gasteiger partial charge is 0.441 e. The Morgan fingerprint density at radius 2 is 1.75 bits per heavy atom. The Labute approximate surface area is 207 Å². The fourth-order valence-electron chi connectivity index (χ4n) is 3.47. The first-order chi connectivity index (χ1) is 17.1. The van der Waals surface area contributed by atoms with E-state index < -0.39 is 20.7 Å². The second-order valence-corrected chi connectivity index (χ2v) is 10.1. The number of hydrogen-bond donors (Lipinski definition) is 1. The van der Waals surface area contributed by atoms with Gasteiger partial charge in [-0.1, -0.05) is 17.7 Å². The number of carbonyl (C=O) groups excluding carboxylic acids is 1. The molecule has 2 aromatic heterocycles. The summed E-state index contributed by atoms with van der Waals surface area (Å²) in [6.07, 6.45) is 1.32. The number of pyridine rings is 1. The minimum absolute atomic E-state index is 0.0531. The molecule has 11 heteroatoms. The van der Waals surface area contributed by atoms with Crippen molar-refractivity contribution in [3.63, 3.8) is 0 Å². The van der Waals surface area contributed by atoms with Crippen LogP contribution in [0.1, 0.15) is 32.9 Å². The highest BCUT2D eigenvalue weighted by Gasteiger charge is 2.21. The zero-order valence-corrected chi connectivity index (χ0v) is 20.3. The topological polar surface area (TPSA) is 145 Å². The molecule has 0 aliphatic rings. The molecule has 36 heavy (non-hydrogen) atoms.